The van der Waals surface area contributed by atoms with Gasteiger partial charge in [-0.2, -0.15) is 0 Å². The lowest BCUT2D eigenvalue weighted by atomic mass is 10.1. The van der Waals surface area contributed by atoms with Crippen LogP contribution in [-0.2, 0) is 11.2 Å². The van der Waals surface area contributed by atoms with Crippen LogP contribution in [0.4, 0.5) is 0 Å². The third-order valence-corrected chi connectivity index (χ3v) is 4.26. The van der Waals surface area contributed by atoms with Crippen molar-refractivity contribution in [2.24, 2.45) is 0 Å². The van der Waals surface area contributed by atoms with Crippen molar-refractivity contribution in [3.8, 4) is 0 Å². The zero-order valence-corrected chi connectivity index (χ0v) is 15.8. The molecule has 0 fully saturated rings. The minimum atomic E-state index is -1.60. The number of rotatable bonds is 7. The van der Waals surface area contributed by atoms with Crippen molar-refractivity contribution < 1.29 is 10.1 Å². The van der Waals surface area contributed by atoms with E-state index in [1.807, 2.05) is 66.0 Å². The van der Waals surface area contributed by atoms with Gasteiger partial charge in [-0.3, -0.25) is 10.1 Å². The van der Waals surface area contributed by atoms with Crippen molar-refractivity contribution >= 4 is 46.8 Å². The Kier molecular flexibility index (Phi) is 7.79. The van der Waals surface area contributed by atoms with E-state index in [4.69, 9.17) is 34.8 Å². The molecule has 1 atom stereocenters. The fraction of sp³-hybridized carbons (Fsp3) is 0.211. The van der Waals surface area contributed by atoms with Crippen LogP contribution in [-0.4, -0.2) is 22.4 Å². The van der Waals surface area contributed by atoms with E-state index >= 15 is 0 Å². The molecule has 0 saturated carbocycles. The fourth-order valence-electron chi connectivity index (χ4n) is 2.27. The van der Waals surface area contributed by atoms with Gasteiger partial charge in [0.05, 0.1) is 6.54 Å². The highest BCUT2D eigenvalue weighted by Gasteiger charge is 2.36. The van der Waals surface area contributed by atoms with Gasteiger partial charge in [0, 0.05) is 12.5 Å². The van der Waals surface area contributed by atoms with Gasteiger partial charge >= 0.3 is 0 Å². The van der Waals surface area contributed by atoms with E-state index in [9.17, 15) is 4.79 Å². The maximum atomic E-state index is 12.1. The summed E-state index contributed by atoms with van der Waals surface area (Å²) in [5.41, 5.74) is 2.12. The number of quaternary nitrogens is 1. The van der Waals surface area contributed by atoms with Crippen LogP contribution in [0.25, 0.3) is 6.08 Å². The molecule has 132 valence electrons. The predicted octanol–water partition coefficient (Wildman–Crippen LogP) is 3.32. The Morgan fingerprint density at radius 3 is 2.24 bits per heavy atom. The van der Waals surface area contributed by atoms with Gasteiger partial charge in [0.1, 0.15) is 0 Å². The van der Waals surface area contributed by atoms with Crippen molar-refractivity contribution in [3.05, 3.63) is 77.9 Å². The molecule has 0 radical (unpaired) electrons. The minimum Gasteiger partial charge on any atom is -0.323 e. The zero-order valence-electron chi connectivity index (χ0n) is 13.5. The first-order chi connectivity index (χ1) is 11.9. The zero-order chi connectivity index (χ0) is 18.1. The summed E-state index contributed by atoms with van der Waals surface area (Å²) in [6, 6.07) is 19.5. The number of amides is 1. The summed E-state index contributed by atoms with van der Waals surface area (Å²) < 4.78 is -1.60. The molecule has 0 heterocycles. The van der Waals surface area contributed by atoms with Gasteiger partial charge in [0.25, 0.3) is 3.79 Å². The molecule has 0 aliphatic heterocycles. The Labute approximate surface area is 163 Å². The van der Waals surface area contributed by atoms with E-state index in [2.05, 4.69) is 5.32 Å². The lowest BCUT2D eigenvalue weighted by Gasteiger charge is -2.22. The number of halogens is 3. The van der Waals surface area contributed by atoms with Gasteiger partial charge in [-0.15, -0.1) is 0 Å². The highest BCUT2D eigenvalue weighted by Crippen LogP contribution is 2.27. The molecule has 0 aliphatic carbocycles. The summed E-state index contributed by atoms with van der Waals surface area (Å²) >= 11 is 18.0. The molecule has 6 heteroatoms. The average molecular weight is 399 g/mol. The van der Waals surface area contributed by atoms with Crippen molar-refractivity contribution in [2.75, 3.05) is 6.54 Å². The van der Waals surface area contributed by atoms with E-state index in [-0.39, 0.29) is 5.91 Å². The minimum absolute atomic E-state index is 0.309. The number of benzene rings is 2. The number of hydrogen-bond donors (Lipinski definition) is 2. The van der Waals surface area contributed by atoms with Crippen LogP contribution < -0.4 is 10.6 Å². The molecule has 0 aliphatic rings. The maximum absolute atomic E-state index is 12.1. The summed E-state index contributed by atoms with van der Waals surface area (Å²) in [5.74, 6) is -0.309. The van der Waals surface area contributed by atoms with Gasteiger partial charge in [0.2, 0.25) is 12.1 Å². The lowest BCUT2D eigenvalue weighted by Crippen LogP contribution is -2.96. The number of nitrogens with one attached hydrogen (secondary N) is 1. The molecule has 3 nitrogen and oxygen atoms in total. The summed E-state index contributed by atoms with van der Waals surface area (Å²) in [5, 5.41) is 4.56. The van der Waals surface area contributed by atoms with E-state index < -0.39 is 9.96 Å². The smallest absolute Gasteiger partial charge is 0.262 e. The molecule has 2 rings (SSSR count). The van der Waals surface area contributed by atoms with Crippen molar-refractivity contribution in [1.82, 2.24) is 5.32 Å². The van der Waals surface area contributed by atoms with Crippen molar-refractivity contribution in [1.29, 1.82) is 0 Å². The predicted molar refractivity (Wildman–Crippen MR) is 105 cm³/mol. The molecule has 2 aromatic rings. The summed E-state index contributed by atoms with van der Waals surface area (Å²) in [6.45, 7) is 0.686. The third kappa shape index (κ3) is 7.49. The standard InChI is InChI=1S/C19H19Cl3N2O/c20-19(21,22)18(23-14-13-16-9-5-2-6-10-16)24-17(25)12-11-15-7-3-1-4-8-15/h1-12,18,23H,13-14H2,(H,24,25)/p+1/b12-11+/t18-/m1/s1. The second kappa shape index (κ2) is 9.83. The second-order valence-electron chi connectivity index (χ2n) is 5.53. The second-order valence-corrected chi connectivity index (χ2v) is 7.90. The summed E-state index contributed by atoms with van der Waals surface area (Å²) in [4.78, 5) is 12.1. The van der Waals surface area contributed by atoms with E-state index in [1.54, 1.807) is 6.08 Å². The molecule has 3 N–H and O–H groups in total. The lowest BCUT2D eigenvalue weighted by molar-refractivity contribution is -0.691. The Balaban J connectivity index is 1.89. The first-order valence-corrected chi connectivity index (χ1v) is 9.06. The third-order valence-electron chi connectivity index (χ3n) is 3.56. The fourth-order valence-corrected chi connectivity index (χ4v) is 2.70. The Bertz CT molecular complexity index is 685. The highest BCUT2D eigenvalue weighted by molar-refractivity contribution is 6.68. The number of carbonyl (C=O) groups is 1. The molecule has 0 spiro atoms. The Hall–Kier alpha value is -1.52. The quantitative estimate of drug-likeness (QED) is 0.419. The van der Waals surface area contributed by atoms with Crippen LogP contribution in [0.3, 0.4) is 0 Å². The van der Waals surface area contributed by atoms with Crippen LogP contribution in [0, 0.1) is 0 Å². The van der Waals surface area contributed by atoms with Gasteiger partial charge in [-0.1, -0.05) is 95.5 Å². The van der Waals surface area contributed by atoms with E-state index in [1.165, 1.54) is 11.6 Å². The van der Waals surface area contributed by atoms with E-state index in [0.717, 1.165) is 12.0 Å². The van der Waals surface area contributed by atoms with Gasteiger partial charge in [-0.25, -0.2) is 0 Å². The molecule has 0 aromatic heterocycles. The van der Waals surface area contributed by atoms with Crippen LogP contribution in [0.2, 0.25) is 0 Å². The molecule has 25 heavy (non-hydrogen) atoms. The van der Waals surface area contributed by atoms with Crippen LogP contribution >= 0.6 is 34.8 Å². The topological polar surface area (TPSA) is 45.7 Å². The average Bonchev–Trinajstić information content (AvgIpc) is 2.60. The molecule has 1 amide bonds. The largest absolute Gasteiger partial charge is 0.323 e. The highest BCUT2D eigenvalue weighted by atomic mass is 35.6. The SMILES string of the molecule is O=C(/C=C/c1ccccc1)N[C@@H]([NH2+]CCc1ccccc1)C(Cl)(Cl)Cl. The Morgan fingerprint density at radius 2 is 1.64 bits per heavy atom. The molecule has 0 saturated heterocycles. The molecular formula is C19H20Cl3N2O+. The molecule has 0 bridgehead atoms. The van der Waals surface area contributed by atoms with Crippen LogP contribution in [0.1, 0.15) is 11.1 Å². The van der Waals surface area contributed by atoms with Gasteiger partial charge in [-0.05, 0) is 17.2 Å². The van der Waals surface area contributed by atoms with Gasteiger partial charge < -0.3 is 5.32 Å². The maximum Gasteiger partial charge on any atom is 0.262 e. The number of carbonyl (C=O) groups excluding carboxylic acids is 1. The van der Waals surface area contributed by atoms with Crippen molar-refractivity contribution in [3.63, 3.8) is 0 Å². The first-order valence-electron chi connectivity index (χ1n) is 7.93. The summed E-state index contributed by atoms with van der Waals surface area (Å²) in [7, 11) is 0. The number of nitrogens with two attached hydrogens (primary N) is 1. The monoisotopic (exact) mass is 397 g/mol. The van der Waals surface area contributed by atoms with Crippen molar-refractivity contribution in [2.45, 2.75) is 16.4 Å². The number of hydrogen-bond acceptors (Lipinski definition) is 1. The normalized spacial score (nSPS) is 12.9. The van der Waals surface area contributed by atoms with Gasteiger partial charge in [0.15, 0.2) is 0 Å². The van der Waals surface area contributed by atoms with Crippen LogP contribution in [0.5, 0.6) is 0 Å². The van der Waals surface area contributed by atoms with Crippen LogP contribution in [0.15, 0.2) is 66.7 Å². The first kappa shape index (κ1) is 19.8. The van der Waals surface area contributed by atoms with E-state index in [0.29, 0.717) is 6.54 Å². The molecule has 2 aromatic carbocycles. The Morgan fingerprint density at radius 1 is 1.04 bits per heavy atom. The molecular weight excluding hydrogens is 379 g/mol. The molecule has 0 unspecified atom stereocenters. The summed E-state index contributed by atoms with van der Waals surface area (Å²) in [6.07, 6.45) is 3.29. The number of alkyl halides is 3.